The summed E-state index contributed by atoms with van der Waals surface area (Å²) in [5.74, 6) is 1.50. The Morgan fingerprint density at radius 1 is 0.382 bits per heavy atom. The fraction of sp³-hybridized carbons (Fsp3) is 0.0488. The third kappa shape index (κ3) is 7.33. The molecule has 2 aliphatic rings. The zero-order valence-corrected chi connectivity index (χ0v) is 48.7. The van der Waals surface area contributed by atoms with Gasteiger partial charge in [0, 0.05) is 83.0 Å². The topological polar surface area (TPSA) is 48.6 Å². The van der Waals surface area contributed by atoms with Crippen LogP contribution in [0.5, 0.6) is 11.5 Å². The average Bonchev–Trinajstić information content (AvgIpc) is 0.906. The van der Waals surface area contributed by atoms with E-state index in [-0.39, 0.29) is 41.9 Å². The second-order valence-corrected chi connectivity index (χ2v) is 24.7. The molecule has 17 aromatic rings. The van der Waals surface area contributed by atoms with E-state index < -0.39 is 6.04 Å². The van der Waals surface area contributed by atoms with Crippen molar-refractivity contribution in [3.63, 3.8) is 0 Å². The lowest BCUT2D eigenvalue weighted by molar-refractivity contribution is 0.487. The van der Waals surface area contributed by atoms with Crippen LogP contribution in [0.4, 0.5) is 17.1 Å². The summed E-state index contributed by atoms with van der Waals surface area (Å²) < 4.78 is 69.3. The predicted octanol–water partition coefficient (Wildman–Crippen LogP) is 20.4. The molecule has 4 aromatic heterocycles. The van der Waals surface area contributed by atoms with E-state index in [1.807, 2.05) is 24.3 Å². The quantitative estimate of drug-likeness (QED) is 0.156. The number of ether oxygens (including phenoxy) is 1. The number of hydrogen-bond donors (Lipinski definition) is 0. The molecule has 0 fully saturated rings. The highest BCUT2D eigenvalue weighted by Crippen LogP contribution is 2.50. The lowest BCUT2D eigenvalue weighted by Gasteiger charge is -2.41. The van der Waals surface area contributed by atoms with Crippen molar-refractivity contribution in [2.75, 3.05) is 4.90 Å². The Morgan fingerprint density at radius 3 is 1.65 bits per heavy atom. The summed E-state index contributed by atoms with van der Waals surface area (Å²) in [5, 5.41) is 7.98. The lowest BCUT2D eigenvalue weighted by Crippen LogP contribution is -2.59. The fourth-order valence-corrected chi connectivity index (χ4v) is 14.8. The van der Waals surface area contributed by atoms with Crippen LogP contribution in [0.1, 0.15) is 33.2 Å². The van der Waals surface area contributed by atoms with Crippen molar-refractivity contribution in [2.24, 2.45) is 0 Å². The third-order valence-electron chi connectivity index (χ3n) is 18.8. The van der Waals surface area contributed by atoms with Gasteiger partial charge in [-0.15, -0.1) is 0 Å². The molecule has 6 heterocycles. The van der Waals surface area contributed by atoms with Gasteiger partial charge in [-0.2, -0.15) is 0 Å². The summed E-state index contributed by atoms with van der Waals surface area (Å²) in [4.78, 5) is 2.49. The van der Waals surface area contributed by atoms with Crippen molar-refractivity contribution < 1.29 is 20.4 Å². The van der Waals surface area contributed by atoms with E-state index in [4.69, 9.17) is 20.4 Å². The Hall–Kier alpha value is -11.3. The third-order valence-corrected chi connectivity index (χ3v) is 18.8. The number of hydrogen-bond acceptors (Lipinski definition) is 4. The van der Waals surface area contributed by atoms with Gasteiger partial charge in [0.1, 0.15) is 33.8 Å². The molecule has 0 spiro atoms. The number of benzene rings is 13. The number of aromatic nitrogens is 2. The minimum Gasteiger partial charge on any atom is -0.458 e. The molecule has 0 amide bonds. The number of furan rings is 2. The van der Waals surface area contributed by atoms with E-state index in [9.17, 15) is 0 Å². The highest BCUT2D eigenvalue weighted by molar-refractivity contribution is 6.99. The van der Waals surface area contributed by atoms with Gasteiger partial charge in [-0.25, -0.2) is 0 Å². The first-order valence-electron chi connectivity index (χ1n) is 32.8. The van der Waals surface area contributed by atoms with E-state index >= 15 is 0 Å². The van der Waals surface area contributed by atoms with Crippen molar-refractivity contribution in [2.45, 2.75) is 26.2 Å². The van der Waals surface area contributed by atoms with E-state index in [1.54, 1.807) is 6.07 Å². The second-order valence-electron chi connectivity index (χ2n) is 24.7. The Kier molecular flexibility index (Phi) is 9.43. The maximum Gasteiger partial charge on any atom is 0.256 e. The highest BCUT2D eigenvalue weighted by Gasteiger charge is 2.43. The molecule has 0 radical (unpaired) electrons. The Balaban J connectivity index is 0.891. The zero-order valence-electron chi connectivity index (χ0n) is 53.7. The molecule has 0 unspecified atom stereocenters. The number of anilines is 3. The van der Waals surface area contributed by atoms with Crippen LogP contribution in [0.2, 0.25) is 0 Å². The average molecular weight is 1150 g/mol. The normalized spacial score (nSPS) is 13.7. The van der Waals surface area contributed by atoms with Crippen LogP contribution in [0.15, 0.2) is 282 Å². The molecule has 19 rings (SSSR count). The monoisotopic (exact) mass is 1140 g/mol. The Labute approximate surface area is 520 Å². The van der Waals surface area contributed by atoms with Gasteiger partial charge in [-0.3, -0.25) is 0 Å². The van der Waals surface area contributed by atoms with Crippen molar-refractivity contribution in [3.8, 4) is 56.3 Å². The Morgan fingerprint density at radius 2 is 0.978 bits per heavy atom. The molecule has 0 N–H and O–H groups in total. The van der Waals surface area contributed by atoms with Gasteiger partial charge in [0.2, 0.25) is 0 Å². The summed E-state index contributed by atoms with van der Waals surface area (Å²) in [6.07, 6.45) is 0. The SMILES string of the molecule is [2H]c1c([2H])c([2H])c(-c2ccc3oc4ccc5oc6c(-c7cc8c9c(c7)N(c7ccc(C(C)(C)C)cc7-c7ccccc7)c7cc(-n%10c%11ccccc%11c%11ccccc%11%10)ccc7B9c7ccc(-n9c%10ccccc%10c%10ccccc%109)cc7O8)cccc6c5c4c3c2)c([2H])c1[2H]. The van der Waals surface area contributed by atoms with Crippen LogP contribution in [0.3, 0.4) is 0 Å². The molecule has 89 heavy (non-hydrogen) atoms. The molecule has 0 saturated carbocycles. The van der Waals surface area contributed by atoms with E-state index in [0.717, 1.165) is 122 Å². The summed E-state index contributed by atoms with van der Waals surface area (Å²) in [7, 11) is 0. The van der Waals surface area contributed by atoms with Gasteiger partial charge >= 0.3 is 0 Å². The highest BCUT2D eigenvalue weighted by atomic mass is 16.5. The fourth-order valence-electron chi connectivity index (χ4n) is 14.8. The summed E-state index contributed by atoms with van der Waals surface area (Å²) in [6, 6.07) is 84.6. The molecule has 0 saturated heterocycles. The van der Waals surface area contributed by atoms with Crippen LogP contribution in [-0.4, -0.2) is 15.8 Å². The molecule has 0 atom stereocenters. The van der Waals surface area contributed by atoms with Crippen LogP contribution in [0, 0.1) is 0 Å². The van der Waals surface area contributed by atoms with Crippen molar-refractivity contribution in [1.82, 2.24) is 9.13 Å². The van der Waals surface area contributed by atoms with Crippen molar-refractivity contribution >= 4 is 128 Å². The van der Waals surface area contributed by atoms with Crippen LogP contribution < -0.4 is 26.0 Å². The van der Waals surface area contributed by atoms with Gasteiger partial charge < -0.3 is 27.6 Å². The standard InChI is InChI=1S/C82H54BN3O3/c1-82(2,3)53-34-39-70(62(46-53)50-21-8-5-9-22-50)86-71-47-54(84-66-29-14-10-23-57(66)58-24-11-15-30-67(58)84)35-37-64(71)83-65-38-36-55(85-68-31-16-12-25-59(68)60-26-13-17-32-69(60)85)48-76(65)88-77-45-52(44-72(86)80(77)83)56-27-18-28-61-78-75(89-81(56)61)42-41-74-79(78)63-43-51(33-40-73(63)87-74)49-19-6-4-7-20-49/h4-48H,1-3H3/i4D,6D,7D,19D,20D. The molecule has 2 aliphatic heterocycles. The molecule has 0 aliphatic carbocycles. The molecule has 418 valence electrons. The first-order chi connectivity index (χ1) is 45.8. The molecular formula is C82H54BN3O3. The summed E-state index contributed by atoms with van der Waals surface area (Å²) in [5.41, 5.74) is 20.9. The number of rotatable bonds is 6. The molecule has 13 aromatic carbocycles. The molecule has 7 heteroatoms. The lowest BCUT2D eigenvalue weighted by atomic mass is 9.34. The van der Waals surface area contributed by atoms with Gasteiger partial charge in [-0.1, -0.05) is 197 Å². The van der Waals surface area contributed by atoms with Crippen LogP contribution >= 0.6 is 0 Å². The second kappa shape index (κ2) is 18.6. The minimum absolute atomic E-state index is 0.126. The summed E-state index contributed by atoms with van der Waals surface area (Å²) >= 11 is 0. The molecular weight excluding hydrogens is 1090 g/mol. The molecule has 6 nitrogen and oxygen atoms in total. The van der Waals surface area contributed by atoms with E-state index in [2.05, 4.69) is 247 Å². The molecule has 0 bridgehead atoms. The Bertz CT molecular complexity index is 6040. The number of nitrogens with zero attached hydrogens (tertiary/aromatic N) is 3. The van der Waals surface area contributed by atoms with E-state index in [1.165, 1.54) is 27.1 Å². The van der Waals surface area contributed by atoms with Gasteiger partial charge in [0.05, 0.1) is 34.6 Å². The number of para-hydroxylation sites is 5. The van der Waals surface area contributed by atoms with Crippen LogP contribution in [-0.2, 0) is 5.41 Å². The van der Waals surface area contributed by atoms with Gasteiger partial charge in [0.15, 0.2) is 0 Å². The largest absolute Gasteiger partial charge is 0.458 e. The van der Waals surface area contributed by atoms with Gasteiger partial charge in [-0.05, 0) is 141 Å². The van der Waals surface area contributed by atoms with E-state index in [0.29, 0.717) is 27.9 Å². The maximum absolute atomic E-state index is 8.90. The van der Waals surface area contributed by atoms with Crippen LogP contribution in [0.25, 0.3) is 132 Å². The van der Waals surface area contributed by atoms with Crippen molar-refractivity contribution in [3.05, 3.63) is 278 Å². The zero-order chi connectivity index (χ0) is 63.2. The number of fused-ring (bicyclic) bond motifs is 17. The van der Waals surface area contributed by atoms with Crippen molar-refractivity contribution in [1.29, 1.82) is 0 Å². The minimum atomic E-state index is -0.436. The van der Waals surface area contributed by atoms with Gasteiger partial charge in [0.25, 0.3) is 6.71 Å². The first kappa shape index (κ1) is 45.1. The summed E-state index contributed by atoms with van der Waals surface area (Å²) in [6.45, 7) is 6.56. The maximum atomic E-state index is 8.90. The first-order valence-corrected chi connectivity index (χ1v) is 30.3. The predicted molar refractivity (Wildman–Crippen MR) is 371 cm³/mol. The smallest absolute Gasteiger partial charge is 0.256 e.